The van der Waals surface area contributed by atoms with Crippen molar-refractivity contribution in [3.05, 3.63) is 29.8 Å². The number of anilines is 1. The van der Waals surface area contributed by atoms with Gasteiger partial charge in [0.1, 0.15) is 6.04 Å². The minimum Gasteiger partial charge on any atom is -0.392 e. The van der Waals surface area contributed by atoms with Crippen molar-refractivity contribution in [2.45, 2.75) is 46.4 Å². The van der Waals surface area contributed by atoms with Crippen molar-refractivity contribution < 1.29 is 14.7 Å². The molecule has 0 fully saturated rings. The predicted molar refractivity (Wildman–Crippen MR) is 86.0 cm³/mol. The molecule has 0 bridgehead atoms. The Morgan fingerprint density at radius 3 is 2.18 bits per heavy atom. The summed E-state index contributed by atoms with van der Waals surface area (Å²) in [6, 6.07) is 5.44. The third-order valence-corrected chi connectivity index (χ3v) is 3.37. The zero-order valence-electron chi connectivity index (χ0n) is 13.5. The first kappa shape index (κ1) is 18.1. The fourth-order valence-corrected chi connectivity index (χ4v) is 1.71. The summed E-state index contributed by atoms with van der Waals surface area (Å²) in [6.07, 6.45) is 0. The predicted octanol–water partition coefficient (Wildman–Crippen LogP) is 0.995. The van der Waals surface area contributed by atoms with Gasteiger partial charge in [-0.15, -0.1) is 0 Å². The number of rotatable bonds is 5. The minimum atomic E-state index is -0.696. The van der Waals surface area contributed by atoms with E-state index in [0.29, 0.717) is 5.69 Å². The topological polar surface area (TPSA) is 104 Å². The lowest BCUT2D eigenvalue weighted by atomic mass is 9.87. The van der Waals surface area contributed by atoms with E-state index in [1.807, 2.05) is 20.8 Å². The molecule has 1 aromatic rings. The average molecular weight is 307 g/mol. The van der Waals surface area contributed by atoms with Gasteiger partial charge in [0.2, 0.25) is 11.8 Å². The Kier molecular flexibility index (Phi) is 6.08. The van der Waals surface area contributed by atoms with Crippen LogP contribution in [0.5, 0.6) is 0 Å². The van der Waals surface area contributed by atoms with Gasteiger partial charge in [-0.25, -0.2) is 0 Å². The highest BCUT2D eigenvalue weighted by Gasteiger charge is 2.29. The van der Waals surface area contributed by atoms with E-state index in [-0.39, 0.29) is 23.8 Å². The van der Waals surface area contributed by atoms with Gasteiger partial charge in [-0.2, -0.15) is 0 Å². The van der Waals surface area contributed by atoms with E-state index in [2.05, 4.69) is 10.6 Å². The van der Waals surface area contributed by atoms with Crippen molar-refractivity contribution in [3.8, 4) is 0 Å². The van der Waals surface area contributed by atoms with Gasteiger partial charge in [-0.1, -0.05) is 32.9 Å². The quantitative estimate of drug-likeness (QED) is 0.651. The molecule has 0 aliphatic rings. The number of hydrogen-bond donors (Lipinski definition) is 4. The number of nitrogens with one attached hydrogen (secondary N) is 2. The standard InChI is InChI=1S/C16H25N3O3/c1-10(18-15(22)13(17)16(2,3)4)14(21)19-12-7-5-11(9-20)6-8-12/h5-8,10,13,20H,9,17H2,1-4H3,(H,18,22)(H,19,21). The van der Waals surface area contributed by atoms with E-state index >= 15 is 0 Å². The lowest BCUT2D eigenvalue weighted by Crippen LogP contribution is -2.53. The van der Waals surface area contributed by atoms with E-state index in [0.717, 1.165) is 5.56 Å². The highest BCUT2D eigenvalue weighted by Crippen LogP contribution is 2.17. The molecule has 2 atom stereocenters. The first-order valence-corrected chi connectivity index (χ1v) is 7.21. The Balaban J connectivity index is 2.59. The monoisotopic (exact) mass is 307 g/mol. The van der Waals surface area contributed by atoms with Crippen LogP contribution >= 0.6 is 0 Å². The van der Waals surface area contributed by atoms with Crippen LogP contribution in [0, 0.1) is 5.41 Å². The molecule has 0 aromatic heterocycles. The van der Waals surface area contributed by atoms with Gasteiger partial charge in [-0.3, -0.25) is 9.59 Å². The first-order chi connectivity index (χ1) is 10.1. The van der Waals surface area contributed by atoms with Crippen LogP contribution in [0.25, 0.3) is 0 Å². The van der Waals surface area contributed by atoms with Crippen molar-refractivity contribution in [3.63, 3.8) is 0 Å². The van der Waals surface area contributed by atoms with Gasteiger partial charge in [0.15, 0.2) is 0 Å². The number of carbonyl (C=O) groups is 2. The number of carbonyl (C=O) groups excluding carboxylic acids is 2. The SMILES string of the molecule is CC(NC(=O)C(N)C(C)(C)C)C(=O)Nc1ccc(CO)cc1. The van der Waals surface area contributed by atoms with Crippen molar-refractivity contribution in [2.24, 2.45) is 11.1 Å². The molecule has 22 heavy (non-hydrogen) atoms. The molecule has 0 saturated heterocycles. The molecule has 6 heteroatoms. The van der Waals surface area contributed by atoms with E-state index in [9.17, 15) is 9.59 Å². The maximum atomic E-state index is 12.1. The van der Waals surface area contributed by atoms with Crippen LogP contribution in [0.2, 0.25) is 0 Å². The molecule has 0 radical (unpaired) electrons. The molecular formula is C16H25N3O3. The van der Waals surface area contributed by atoms with E-state index in [1.54, 1.807) is 31.2 Å². The molecule has 0 aliphatic heterocycles. The van der Waals surface area contributed by atoms with E-state index in [1.165, 1.54) is 0 Å². The van der Waals surface area contributed by atoms with Gasteiger partial charge >= 0.3 is 0 Å². The molecular weight excluding hydrogens is 282 g/mol. The highest BCUT2D eigenvalue weighted by molar-refractivity contribution is 5.97. The Labute approximate surface area is 131 Å². The number of amides is 2. The summed E-state index contributed by atoms with van der Waals surface area (Å²) in [6.45, 7) is 7.15. The molecule has 1 aromatic carbocycles. The zero-order chi connectivity index (χ0) is 16.9. The zero-order valence-corrected chi connectivity index (χ0v) is 13.5. The molecule has 1 rings (SSSR count). The fraction of sp³-hybridized carbons (Fsp3) is 0.500. The maximum absolute atomic E-state index is 12.1. The molecule has 0 aliphatic carbocycles. The number of benzene rings is 1. The van der Waals surface area contributed by atoms with Gasteiger partial charge < -0.3 is 21.5 Å². The Morgan fingerprint density at radius 2 is 1.73 bits per heavy atom. The third-order valence-electron chi connectivity index (χ3n) is 3.37. The number of aliphatic hydroxyl groups is 1. The molecule has 2 amide bonds. The van der Waals surface area contributed by atoms with Gasteiger partial charge in [0.25, 0.3) is 0 Å². The Morgan fingerprint density at radius 1 is 1.18 bits per heavy atom. The second-order valence-corrected chi connectivity index (χ2v) is 6.42. The van der Waals surface area contributed by atoms with Crippen LogP contribution in [-0.2, 0) is 16.2 Å². The largest absolute Gasteiger partial charge is 0.392 e. The molecule has 6 nitrogen and oxygen atoms in total. The van der Waals surface area contributed by atoms with Crippen LogP contribution in [0.3, 0.4) is 0 Å². The first-order valence-electron chi connectivity index (χ1n) is 7.21. The van der Waals surface area contributed by atoms with Crippen molar-refractivity contribution >= 4 is 17.5 Å². The molecule has 5 N–H and O–H groups in total. The summed E-state index contributed by atoms with van der Waals surface area (Å²) in [5.41, 5.74) is 6.85. The minimum absolute atomic E-state index is 0.0502. The lowest BCUT2D eigenvalue weighted by Gasteiger charge is -2.27. The normalized spacial score (nSPS) is 14.1. The van der Waals surface area contributed by atoms with Crippen molar-refractivity contribution in [2.75, 3.05) is 5.32 Å². The van der Waals surface area contributed by atoms with Gasteiger partial charge in [-0.05, 0) is 30.0 Å². The smallest absolute Gasteiger partial charge is 0.246 e. The number of nitrogens with two attached hydrogens (primary N) is 1. The third kappa shape index (κ3) is 5.13. The maximum Gasteiger partial charge on any atom is 0.246 e. The van der Waals surface area contributed by atoms with Crippen molar-refractivity contribution in [1.82, 2.24) is 5.32 Å². The van der Waals surface area contributed by atoms with Crippen molar-refractivity contribution in [1.29, 1.82) is 0 Å². The Hall–Kier alpha value is -1.92. The number of aliphatic hydroxyl groups excluding tert-OH is 1. The van der Waals surface area contributed by atoms with E-state index < -0.39 is 12.1 Å². The lowest BCUT2D eigenvalue weighted by molar-refractivity contribution is -0.128. The summed E-state index contributed by atoms with van der Waals surface area (Å²) >= 11 is 0. The highest BCUT2D eigenvalue weighted by atomic mass is 16.3. The summed E-state index contributed by atoms with van der Waals surface area (Å²) in [5, 5.41) is 14.3. The number of hydrogen-bond acceptors (Lipinski definition) is 4. The van der Waals surface area contributed by atoms with Crippen LogP contribution in [-0.4, -0.2) is 29.0 Å². The molecule has 2 unspecified atom stereocenters. The summed E-state index contributed by atoms with van der Waals surface area (Å²) in [5.74, 6) is -0.683. The molecule has 0 heterocycles. The van der Waals surface area contributed by atoms with E-state index in [4.69, 9.17) is 10.8 Å². The van der Waals surface area contributed by atoms with Gasteiger partial charge in [0, 0.05) is 5.69 Å². The van der Waals surface area contributed by atoms with Crippen LogP contribution < -0.4 is 16.4 Å². The Bertz CT molecular complexity index is 520. The average Bonchev–Trinajstić information content (AvgIpc) is 2.46. The van der Waals surface area contributed by atoms with Crippen LogP contribution in [0.1, 0.15) is 33.3 Å². The van der Waals surface area contributed by atoms with Crippen LogP contribution in [0.4, 0.5) is 5.69 Å². The molecule has 0 spiro atoms. The fourth-order valence-electron chi connectivity index (χ4n) is 1.71. The summed E-state index contributed by atoms with van der Waals surface area (Å²) in [4.78, 5) is 24.1. The van der Waals surface area contributed by atoms with Crippen LogP contribution in [0.15, 0.2) is 24.3 Å². The second-order valence-electron chi connectivity index (χ2n) is 6.42. The molecule has 122 valence electrons. The summed E-state index contributed by atoms with van der Waals surface area (Å²) in [7, 11) is 0. The van der Waals surface area contributed by atoms with Gasteiger partial charge in [0.05, 0.1) is 12.6 Å². The second kappa shape index (κ2) is 7.38. The summed E-state index contributed by atoms with van der Waals surface area (Å²) < 4.78 is 0. The molecule has 0 saturated carbocycles.